The molecule has 0 unspecified atom stereocenters. The van der Waals surface area contributed by atoms with Gasteiger partial charge in [-0.2, -0.15) is 0 Å². The maximum atomic E-state index is 8.82. The molecule has 0 radical (unpaired) electrons. The molecular weight excluding hydrogens is 244 g/mol. The van der Waals surface area contributed by atoms with Gasteiger partial charge in [-0.1, -0.05) is 12.1 Å². The van der Waals surface area contributed by atoms with Crippen LogP contribution in [0.4, 0.5) is 0 Å². The molecule has 4 heteroatoms. The third-order valence-corrected chi connectivity index (χ3v) is 3.32. The lowest BCUT2D eigenvalue weighted by molar-refractivity contribution is 0.116. The van der Waals surface area contributed by atoms with Crippen molar-refractivity contribution in [3.05, 3.63) is 29.8 Å². The Morgan fingerprint density at radius 3 is 2.58 bits per heavy atom. The zero-order valence-corrected chi connectivity index (χ0v) is 11.4. The molecule has 106 valence electrons. The van der Waals surface area contributed by atoms with Gasteiger partial charge in [0, 0.05) is 6.61 Å². The van der Waals surface area contributed by atoms with Crippen LogP contribution in [0.15, 0.2) is 24.3 Å². The van der Waals surface area contributed by atoms with Crippen molar-refractivity contribution < 1.29 is 19.3 Å². The second-order valence-electron chi connectivity index (χ2n) is 4.79. The minimum absolute atomic E-state index is 0.0974. The lowest BCUT2D eigenvalue weighted by Crippen LogP contribution is -2.00. The average Bonchev–Trinajstić information content (AvgIpc) is 3.22. The van der Waals surface area contributed by atoms with Crippen molar-refractivity contribution in [1.82, 2.24) is 0 Å². The Hall–Kier alpha value is -1.10. The predicted molar refractivity (Wildman–Crippen MR) is 72.2 cm³/mol. The maximum Gasteiger partial charge on any atom is 0.118 e. The van der Waals surface area contributed by atoms with Gasteiger partial charge in [0.05, 0.1) is 26.4 Å². The summed E-state index contributed by atoms with van der Waals surface area (Å²) in [5.41, 5.74) is 1.16. The van der Waals surface area contributed by atoms with Gasteiger partial charge in [-0.05, 0) is 37.0 Å². The molecule has 0 aliphatic carbocycles. The molecule has 1 aliphatic rings. The molecule has 0 amide bonds. The van der Waals surface area contributed by atoms with Crippen LogP contribution in [0.3, 0.4) is 0 Å². The highest BCUT2D eigenvalue weighted by Crippen LogP contribution is 2.26. The monoisotopic (exact) mass is 266 g/mol. The topological polar surface area (TPSA) is 51.2 Å². The summed E-state index contributed by atoms with van der Waals surface area (Å²) in [4.78, 5) is 0. The van der Waals surface area contributed by atoms with Crippen LogP contribution in [0.1, 0.15) is 24.8 Å². The molecule has 1 fully saturated rings. The molecule has 1 aliphatic heterocycles. The van der Waals surface area contributed by atoms with E-state index in [0.717, 1.165) is 37.2 Å². The number of aliphatic hydroxyl groups excluding tert-OH is 1. The van der Waals surface area contributed by atoms with E-state index < -0.39 is 0 Å². The Bertz CT molecular complexity index is 363. The van der Waals surface area contributed by atoms with E-state index in [0.29, 0.717) is 6.61 Å². The third kappa shape index (κ3) is 4.82. The second kappa shape index (κ2) is 7.48. The highest BCUT2D eigenvalue weighted by molar-refractivity contribution is 5.26. The number of hydrogen-bond donors (Lipinski definition) is 1. The molecule has 1 aromatic rings. The van der Waals surface area contributed by atoms with E-state index in [1.165, 1.54) is 0 Å². The molecule has 1 saturated heterocycles. The first-order chi connectivity index (χ1) is 9.33. The van der Waals surface area contributed by atoms with E-state index >= 15 is 0 Å². The SMILES string of the molecule is COc1ccc(COCCCC[C@H]2O[C@@H]2CO)cc1. The first kappa shape index (κ1) is 14.3. The fourth-order valence-electron chi connectivity index (χ4n) is 2.06. The Kier molecular flexibility index (Phi) is 5.63. The average molecular weight is 266 g/mol. The summed E-state index contributed by atoms with van der Waals surface area (Å²) in [7, 11) is 1.66. The van der Waals surface area contributed by atoms with Crippen LogP contribution in [0.2, 0.25) is 0 Å². The van der Waals surface area contributed by atoms with Gasteiger partial charge >= 0.3 is 0 Å². The van der Waals surface area contributed by atoms with Crippen molar-refractivity contribution in [3.8, 4) is 5.75 Å². The third-order valence-electron chi connectivity index (χ3n) is 3.32. The summed E-state index contributed by atoms with van der Waals surface area (Å²) >= 11 is 0. The van der Waals surface area contributed by atoms with Crippen LogP contribution in [0.25, 0.3) is 0 Å². The van der Waals surface area contributed by atoms with Gasteiger partial charge in [-0.3, -0.25) is 0 Å². The molecule has 4 nitrogen and oxygen atoms in total. The van der Waals surface area contributed by atoms with E-state index in [4.69, 9.17) is 19.3 Å². The number of rotatable bonds is 9. The summed E-state index contributed by atoms with van der Waals surface area (Å²) in [5, 5.41) is 8.82. The van der Waals surface area contributed by atoms with Crippen molar-refractivity contribution in [3.63, 3.8) is 0 Å². The maximum absolute atomic E-state index is 8.82. The minimum Gasteiger partial charge on any atom is -0.497 e. The standard InChI is InChI=1S/C15H22O4/c1-17-13-7-5-12(6-8-13)11-18-9-3-2-4-14-15(10-16)19-14/h5-8,14-16H,2-4,9-11H2,1H3/t14-,15-/m1/s1. The largest absolute Gasteiger partial charge is 0.497 e. The van der Waals surface area contributed by atoms with Crippen LogP contribution < -0.4 is 4.74 Å². The fourth-order valence-corrected chi connectivity index (χ4v) is 2.06. The molecule has 0 spiro atoms. The smallest absolute Gasteiger partial charge is 0.118 e. The molecule has 0 saturated carbocycles. The number of unbranched alkanes of at least 4 members (excludes halogenated alkanes) is 1. The zero-order valence-electron chi connectivity index (χ0n) is 11.4. The molecule has 1 heterocycles. The highest BCUT2D eigenvalue weighted by atomic mass is 16.6. The summed E-state index contributed by atoms with van der Waals surface area (Å²) in [6.07, 6.45) is 3.53. The highest BCUT2D eigenvalue weighted by Gasteiger charge is 2.36. The molecule has 1 aromatic carbocycles. The first-order valence-electron chi connectivity index (χ1n) is 6.80. The van der Waals surface area contributed by atoms with Crippen LogP contribution in [-0.2, 0) is 16.1 Å². The van der Waals surface area contributed by atoms with Gasteiger partial charge in [0.1, 0.15) is 11.9 Å². The minimum atomic E-state index is 0.0974. The number of epoxide rings is 1. The summed E-state index contributed by atoms with van der Waals surface area (Å²) in [6.45, 7) is 1.56. The van der Waals surface area contributed by atoms with Gasteiger partial charge < -0.3 is 19.3 Å². The first-order valence-corrected chi connectivity index (χ1v) is 6.80. The number of methoxy groups -OCH3 is 1. The Labute approximate surface area is 114 Å². The molecule has 2 atom stereocenters. The van der Waals surface area contributed by atoms with E-state index in [1.807, 2.05) is 24.3 Å². The molecule has 19 heavy (non-hydrogen) atoms. The number of aliphatic hydroxyl groups is 1. The van der Waals surface area contributed by atoms with Crippen LogP contribution in [0.5, 0.6) is 5.75 Å². The number of ether oxygens (including phenoxy) is 3. The summed E-state index contributed by atoms with van der Waals surface area (Å²) < 4.78 is 16.0. The molecule has 0 bridgehead atoms. The van der Waals surface area contributed by atoms with Gasteiger partial charge in [0.25, 0.3) is 0 Å². The van der Waals surface area contributed by atoms with E-state index in [1.54, 1.807) is 7.11 Å². The molecule has 1 N–H and O–H groups in total. The number of hydrogen-bond acceptors (Lipinski definition) is 4. The van der Waals surface area contributed by atoms with Crippen molar-refractivity contribution in [2.45, 2.75) is 38.1 Å². The van der Waals surface area contributed by atoms with Gasteiger partial charge in [0.2, 0.25) is 0 Å². The quantitative estimate of drug-likeness (QED) is 0.549. The van der Waals surface area contributed by atoms with E-state index in [2.05, 4.69) is 0 Å². The fraction of sp³-hybridized carbons (Fsp3) is 0.600. The summed E-state index contributed by atoms with van der Waals surface area (Å²) in [6, 6.07) is 7.92. The van der Waals surface area contributed by atoms with Gasteiger partial charge in [0.15, 0.2) is 0 Å². The Morgan fingerprint density at radius 2 is 1.95 bits per heavy atom. The van der Waals surface area contributed by atoms with Crippen molar-refractivity contribution in [2.75, 3.05) is 20.3 Å². The summed E-state index contributed by atoms with van der Waals surface area (Å²) in [5.74, 6) is 0.867. The van der Waals surface area contributed by atoms with Crippen molar-refractivity contribution >= 4 is 0 Å². The van der Waals surface area contributed by atoms with E-state index in [9.17, 15) is 0 Å². The van der Waals surface area contributed by atoms with Crippen LogP contribution in [-0.4, -0.2) is 37.6 Å². The lowest BCUT2D eigenvalue weighted by Gasteiger charge is -2.05. The molecular formula is C15H22O4. The Balaban J connectivity index is 1.49. The molecule has 2 rings (SSSR count). The zero-order chi connectivity index (χ0) is 13.5. The lowest BCUT2D eigenvalue weighted by atomic mass is 10.1. The molecule has 0 aromatic heterocycles. The van der Waals surface area contributed by atoms with Gasteiger partial charge in [-0.25, -0.2) is 0 Å². The Morgan fingerprint density at radius 1 is 1.16 bits per heavy atom. The predicted octanol–water partition coefficient (Wildman–Crippen LogP) is 2.14. The van der Waals surface area contributed by atoms with Gasteiger partial charge in [-0.15, -0.1) is 0 Å². The van der Waals surface area contributed by atoms with Crippen molar-refractivity contribution in [2.24, 2.45) is 0 Å². The second-order valence-corrected chi connectivity index (χ2v) is 4.79. The van der Waals surface area contributed by atoms with E-state index in [-0.39, 0.29) is 18.8 Å². The van der Waals surface area contributed by atoms with Crippen molar-refractivity contribution in [1.29, 1.82) is 0 Å². The number of benzene rings is 1. The van der Waals surface area contributed by atoms with Crippen LogP contribution >= 0.6 is 0 Å². The van der Waals surface area contributed by atoms with Crippen LogP contribution in [0, 0.1) is 0 Å². The normalized spacial score (nSPS) is 21.4.